The van der Waals surface area contributed by atoms with Crippen LogP contribution in [0.5, 0.6) is 5.75 Å². The number of carbonyl (C=O) groups excluding carboxylic acids is 3. The molecule has 3 aliphatic rings. The third-order valence-electron chi connectivity index (χ3n) is 7.84. The van der Waals surface area contributed by atoms with Crippen molar-refractivity contribution in [2.45, 2.75) is 58.3 Å². The molecule has 0 radical (unpaired) electrons. The normalized spacial score (nSPS) is 20.8. The molecule has 2 aromatic rings. The van der Waals surface area contributed by atoms with Gasteiger partial charge >= 0.3 is 0 Å². The minimum absolute atomic E-state index is 0.137. The fraction of sp³-hybridized carbons (Fsp3) is 0.483. The Bertz CT molecular complexity index is 1180. The first kappa shape index (κ1) is 26.3. The predicted octanol–water partition coefficient (Wildman–Crippen LogP) is 2.86. The van der Waals surface area contributed by atoms with Gasteiger partial charge in [-0.15, -0.1) is 0 Å². The first-order chi connectivity index (χ1) is 18.4. The smallest absolute Gasteiger partial charge is 0.266 e. The average Bonchev–Trinajstić information content (AvgIpc) is 3.27. The van der Waals surface area contributed by atoms with Crippen LogP contribution in [0.1, 0.15) is 59.7 Å². The lowest BCUT2D eigenvalue weighted by Crippen LogP contribution is -2.57. The summed E-state index contributed by atoms with van der Waals surface area (Å²) in [6.45, 7) is 7.49. The molecule has 5 rings (SSSR count). The third kappa shape index (κ3) is 5.60. The minimum Gasteiger partial charge on any atom is -0.489 e. The van der Waals surface area contributed by atoms with E-state index in [2.05, 4.69) is 29.2 Å². The maximum Gasteiger partial charge on any atom is 0.266 e. The molecule has 1 atom stereocenters. The Kier molecular flexibility index (Phi) is 8.06. The van der Waals surface area contributed by atoms with Crippen molar-refractivity contribution in [1.29, 1.82) is 0 Å². The van der Waals surface area contributed by atoms with Crippen LogP contribution in [0, 0.1) is 5.92 Å². The summed E-state index contributed by atoms with van der Waals surface area (Å²) in [6, 6.07) is 13.1. The minimum atomic E-state index is -0.742. The van der Waals surface area contributed by atoms with E-state index in [9.17, 15) is 14.4 Å². The Morgan fingerprint density at radius 3 is 2.45 bits per heavy atom. The van der Waals surface area contributed by atoms with Crippen molar-refractivity contribution in [3.05, 3.63) is 64.7 Å². The van der Waals surface area contributed by atoms with Crippen molar-refractivity contribution in [2.75, 3.05) is 26.3 Å². The lowest BCUT2D eigenvalue weighted by atomic mass is 9.97. The van der Waals surface area contributed by atoms with Gasteiger partial charge in [-0.3, -0.25) is 19.3 Å². The van der Waals surface area contributed by atoms with Gasteiger partial charge in [0.1, 0.15) is 18.4 Å². The van der Waals surface area contributed by atoms with Gasteiger partial charge in [0.15, 0.2) is 0 Å². The second-order valence-corrected chi connectivity index (χ2v) is 10.4. The van der Waals surface area contributed by atoms with Crippen LogP contribution < -0.4 is 10.6 Å². The first-order valence-electron chi connectivity index (χ1n) is 13.5. The first-order valence-corrected chi connectivity index (χ1v) is 13.5. The van der Waals surface area contributed by atoms with Crippen molar-refractivity contribution >= 4 is 17.7 Å². The Morgan fingerprint density at radius 2 is 1.71 bits per heavy atom. The van der Waals surface area contributed by atoms with Crippen molar-refractivity contribution in [2.24, 2.45) is 11.8 Å². The molecule has 0 aromatic heterocycles. The molecule has 38 heavy (non-hydrogen) atoms. The van der Waals surface area contributed by atoms with Crippen LogP contribution in [0.25, 0.3) is 0 Å². The highest BCUT2D eigenvalue weighted by molar-refractivity contribution is 6.05. The number of hydrazine groups is 1. The fourth-order valence-corrected chi connectivity index (χ4v) is 5.55. The second kappa shape index (κ2) is 11.6. The van der Waals surface area contributed by atoms with Gasteiger partial charge in [0.2, 0.25) is 5.91 Å². The van der Waals surface area contributed by atoms with Crippen LogP contribution in [0.4, 0.5) is 0 Å². The van der Waals surface area contributed by atoms with Gasteiger partial charge < -0.3 is 14.4 Å². The number of amides is 3. The molecule has 9 heteroatoms. The van der Waals surface area contributed by atoms with E-state index in [1.54, 1.807) is 12.1 Å². The number of fused-ring (bicyclic) bond motifs is 1. The van der Waals surface area contributed by atoms with E-state index in [1.165, 1.54) is 23.3 Å². The van der Waals surface area contributed by atoms with Gasteiger partial charge in [-0.2, -0.15) is 0 Å². The number of rotatable bonds is 9. The number of likely N-dealkylation sites (tertiary alicyclic amines) is 1. The predicted molar refractivity (Wildman–Crippen MR) is 141 cm³/mol. The highest BCUT2D eigenvalue weighted by Crippen LogP contribution is 2.34. The number of hydrogen-bond acceptors (Lipinski definition) is 7. The van der Waals surface area contributed by atoms with Crippen LogP contribution >= 0.6 is 0 Å². The van der Waals surface area contributed by atoms with E-state index in [0.29, 0.717) is 28.8 Å². The summed E-state index contributed by atoms with van der Waals surface area (Å²) in [5.74, 6) is 5.72. The van der Waals surface area contributed by atoms with Gasteiger partial charge in [0, 0.05) is 37.3 Å². The van der Waals surface area contributed by atoms with Gasteiger partial charge in [-0.25, -0.2) is 10.9 Å². The molecular formula is C29H36N4O5. The number of piperidine rings is 2. The number of hydrogen-bond donors (Lipinski definition) is 1. The number of nitrogens with two attached hydrogens (primary N) is 1. The molecule has 0 spiro atoms. The van der Waals surface area contributed by atoms with E-state index < -0.39 is 17.9 Å². The van der Waals surface area contributed by atoms with Gasteiger partial charge in [-0.1, -0.05) is 30.3 Å². The van der Waals surface area contributed by atoms with Gasteiger partial charge in [0.25, 0.3) is 11.8 Å². The van der Waals surface area contributed by atoms with Gasteiger partial charge in [0.05, 0.1) is 6.54 Å². The zero-order valence-electron chi connectivity index (χ0n) is 21.9. The molecule has 0 bridgehead atoms. The highest BCUT2D eigenvalue weighted by Gasteiger charge is 2.42. The van der Waals surface area contributed by atoms with Crippen LogP contribution in [0.15, 0.2) is 42.5 Å². The Balaban J connectivity index is 1.16. The van der Waals surface area contributed by atoms with Crippen LogP contribution in [-0.4, -0.2) is 64.9 Å². The lowest BCUT2D eigenvalue weighted by molar-refractivity contribution is -0.152. The number of benzene rings is 2. The highest BCUT2D eigenvalue weighted by atomic mass is 16.5. The molecule has 3 heterocycles. The lowest BCUT2D eigenvalue weighted by Gasteiger charge is -2.33. The number of carbonyl (C=O) groups is 3. The topological polar surface area (TPSA) is 105 Å². The molecule has 9 nitrogen and oxygen atoms in total. The van der Waals surface area contributed by atoms with Crippen molar-refractivity contribution < 1.29 is 23.9 Å². The molecule has 2 fully saturated rings. The van der Waals surface area contributed by atoms with Crippen molar-refractivity contribution in [1.82, 2.24) is 14.8 Å². The zero-order valence-corrected chi connectivity index (χ0v) is 21.9. The molecular weight excluding hydrogens is 484 g/mol. The average molecular weight is 521 g/mol. The molecule has 2 aromatic carbocycles. The summed E-state index contributed by atoms with van der Waals surface area (Å²) in [5, 5.41) is 0.635. The van der Waals surface area contributed by atoms with E-state index in [-0.39, 0.29) is 25.3 Å². The van der Waals surface area contributed by atoms with Crippen molar-refractivity contribution in [3.63, 3.8) is 0 Å². The van der Waals surface area contributed by atoms with E-state index in [0.717, 1.165) is 44.0 Å². The molecule has 2 N–H and O–H groups in total. The Labute approximate surface area is 223 Å². The fourth-order valence-electron chi connectivity index (χ4n) is 5.55. The molecule has 2 saturated heterocycles. The van der Waals surface area contributed by atoms with Crippen molar-refractivity contribution in [3.8, 4) is 5.75 Å². The summed E-state index contributed by atoms with van der Waals surface area (Å²) < 4.78 is 11.7. The summed E-state index contributed by atoms with van der Waals surface area (Å²) in [4.78, 5) is 41.4. The summed E-state index contributed by atoms with van der Waals surface area (Å²) >= 11 is 0. The quantitative estimate of drug-likeness (QED) is 0.308. The Hall–Kier alpha value is -3.27. The van der Waals surface area contributed by atoms with E-state index in [1.807, 2.05) is 13.0 Å². The molecule has 1 unspecified atom stereocenters. The second-order valence-electron chi connectivity index (χ2n) is 10.4. The van der Waals surface area contributed by atoms with Crippen LogP contribution in [0.2, 0.25) is 0 Å². The summed E-state index contributed by atoms with van der Waals surface area (Å²) in [7, 11) is 0. The number of ether oxygens (including phenoxy) is 2. The van der Waals surface area contributed by atoms with E-state index >= 15 is 0 Å². The number of imide groups is 1. The van der Waals surface area contributed by atoms with Crippen LogP contribution in [-0.2, 0) is 34.0 Å². The summed E-state index contributed by atoms with van der Waals surface area (Å²) in [5.41, 5.74) is 3.61. The number of nitrogens with zero attached hydrogens (tertiary/aromatic N) is 3. The monoisotopic (exact) mass is 520 g/mol. The molecule has 3 amide bonds. The molecule has 202 valence electrons. The summed E-state index contributed by atoms with van der Waals surface area (Å²) in [6.07, 6.45) is 2.78. The maximum absolute atomic E-state index is 13.1. The van der Waals surface area contributed by atoms with E-state index in [4.69, 9.17) is 15.3 Å². The largest absolute Gasteiger partial charge is 0.489 e. The SMILES string of the molecule is CCOCC1CCN(Cc2ccc(COc3cccc4c3CN(C3CCC(=O)N(N)C3=O)C4=O)cc2)CC1. The maximum atomic E-state index is 13.1. The standard InChI is InChI=1S/C29H36N4O5/c1-2-37-18-22-12-14-31(15-13-22)16-20-6-8-21(9-7-20)19-38-26-5-3-4-23-24(26)17-32(28(23)35)25-10-11-27(34)33(30)29(25)36/h3-9,22,25H,2,10-19,30H2,1H3. The zero-order chi connectivity index (χ0) is 26.6. The molecule has 0 aliphatic carbocycles. The van der Waals surface area contributed by atoms with Crippen LogP contribution in [0.3, 0.4) is 0 Å². The molecule has 3 aliphatic heterocycles. The third-order valence-corrected chi connectivity index (χ3v) is 7.84. The van der Waals surface area contributed by atoms with Gasteiger partial charge in [-0.05, 0) is 68.5 Å². The Morgan fingerprint density at radius 1 is 0.974 bits per heavy atom. The molecule has 0 saturated carbocycles.